The first-order valence-corrected chi connectivity index (χ1v) is 3.09. The molecule has 0 aliphatic heterocycles. The van der Waals surface area contributed by atoms with E-state index in [9.17, 15) is 8.42 Å². The summed E-state index contributed by atoms with van der Waals surface area (Å²) < 4.78 is 22.3. The van der Waals surface area contributed by atoms with Crippen LogP contribution in [0.5, 0.6) is 0 Å². The predicted octanol–water partition coefficient (Wildman–Crippen LogP) is -0.353. The van der Waals surface area contributed by atoms with Gasteiger partial charge in [0.25, 0.3) is 0 Å². The van der Waals surface area contributed by atoms with E-state index in [0.29, 0.717) is 0 Å². The second-order valence-corrected chi connectivity index (χ2v) is 2.59. The minimum Gasteiger partial charge on any atom is -0.205 e. The van der Waals surface area contributed by atoms with Gasteiger partial charge in [-0.15, -0.1) is 0 Å². The Labute approximate surface area is 36.8 Å². The number of nitrogens with zero attached hydrogens (tertiary/aromatic N) is 1. The molecule has 0 aliphatic rings. The molecule has 0 aromatic rings. The van der Waals surface area contributed by atoms with Crippen molar-refractivity contribution in [2.75, 3.05) is 6.26 Å². The van der Waals surface area contributed by atoms with E-state index in [0.717, 1.165) is 6.26 Å². The maximum Gasteiger partial charge on any atom is 0.249 e. The minimum atomic E-state index is -3.15. The van der Waals surface area contributed by atoms with Crippen LogP contribution in [0, 0.1) is 0 Å². The van der Waals surface area contributed by atoms with Crippen LogP contribution in [-0.2, 0) is 10.0 Å². The first-order chi connectivity index (χ1) is 2.56. The Balaban J connectivity index is 4.25. The highest BCUT2D eigenvalue weighted by Crippen LogP contribution is 1.75. The van der Waals surface area contributed by atoms with Gasteiger partial charge in [0.15, 0.2) is 0 Å². The highest BCUT2D eigenvalue weighted by Gasteiger charge is 1.86. The van der Waals surface area contributed by atoms with Crippen molar-refractivity contribution in [3.8, 4) is 0 Å². The quantitative estimate of drug-likeness (QED) is 0.430. The monoisotopic (exact) mass is 107 g/mol. The van der Waals surface area contributed by atoms with Crippen molar-refractivity contribution in [3.63, 3.8) is 0 Å². The molecule has 0 bridgehead atoms. The van der Waals surface area contributed by atoms with Crippen molar-refractivity contribution in [2.24, 2.45) is 4.40 Å². The average Bonchev–Trinajstić information content (AvgIpc) is 1.35. The third kappa shape index (κ3) is 3.62. The molecule has 0 saturated carbocycles. The molecule has 0 aliphatic carbocycles. The van der Waals surface area contributed by atoms with Crippen molar-refractivity contribution in [1.82, 2.24) is 0 Å². The molecule has 0 saturated heterocycles. The molecular formula is C2H5NO2S. The number of hydrogen-bond donors (Lipinski definition) is 0. The van der Waals surface area contributed by atoms with Crippen molar-refractivity contribution in [3.05, 3.63) is 0 Å². The van der Waals surface area contributed by atoms with Crippen molar-refractivity contribution in [2.45, 2.75) is 0 Å². The molecule has 0 unspecified atom stereocenters. The van der Waals surface area contributed by atoms with Gasteiger partial charge in [-0.25, -0.2) is 8.42 Å². The van der Waals surface area contributed by atoms with Crippen LogP contribution in [0.25, 0.3) is 0 Å². The smallest absolute Gasteiger partial charge is 0.205 e. The fourth-order valence-electron chi connectivity index (χ4n) is 0. The molecule has 0 amide bonds. The van der Waals surface area contributed by atoms with Crippen molar-refractivity contribution < 1.29 is 8.42 Å². The van der Waals surface area contributed by atoms with Crippen LogP contribution in [0.1, 0.15) is 0 Å². The maximum atomic E-state index is 9.77. The van der Waals surface area contributed by atoms with Gasteiger partial charge in [-0.2, -0.15) is 4.40 Å². The Morgan fingerprint density at radius 3 is 1.83 bits per heavy atom. The van der Waals surface area contributed by atoms with Crippen LogP contribution in [0.15, 0.2) is 4.40 Å². The molecule has 0 rings (SSSR count). The van der Waals surface area contributed by atoms with Crippen LogP contribution in [-0.4, -0.2) is 21.4 Å². The lowest BCUT2D eigenvalue weighted by Gasteiger charge is -1.74. The van der Waals surface area contributed by atoms with E-state index in [1.165, 1.54) is 0 Å². The first kappa shape index (κ1) is 5.62. The fraction of sp³-hybridized carbons (Fsp3) is 0.500. The summed E-state index contributed by atoms with van der Waals surface area (Å²) in [4.78, 5) is 0. The van der Waals surface area contributed by atoms with Gasteiger partial charge >= 0.3 is 0 Å². The second kappa shape index (κ2) is 1.38. The highest BCUT2D eigenvalue weighted by atomic mass is 32.2. The van der Waals surface area contributed by atoms with E-state index in [1.54, 1.807) is 0 Å². The molecule has 0 heterocycles. The van der Waals surface area contributed by atoms with Gasteiger partial charge in [-0.1, -0.05) is 0 Å². The Bertz CT molecular complexity index is 122. The van der Waals surface area contributed by atoms with Crippen molar-refractivity contribution in [1.29, 1.82) is 0 Å². The van der Waals surface area contributed by atoms with Crippen LogP contribution in [0.2, 0.25) is 0 Å². The highest BCUT2D eigenvalue weighted by molar-refractivity contribution is 7.89. The molecule has 3 nitrogen and oxygen atoms in total. The Morgan fingerprint density at radius 1 is 1.67 bits per heavy atom. The normalized spacial score (nSPS) is 10.8. The molecule has 0 radical (unpaired) electrons. The fourth-order valence-corrected chi connectivity index (χ4v) is 0. The molecule has 4 heteroatoms. The SMILES string of the molecule is C=NS(C)(=O)=O. The molecule has 36 valence electrons. The van der Waals surface area contributed by atoms with E-state index < -0.39 is 10.0 Å². The third-order valence-corrected chi connectivity index (χ3v) is 0.704. The molecule has 0 aromatic heterocycles. The largest absolute Gasteiger partial charge is 0.249 e. The summed E-state index contributed by atoms with van der Waals surface area (Å²) >= 11 is 0. The lowest BCUT2D eigenvalue weighted by Crippen LogP contribution is -1.85. The topological polar surface area (TPSA) is 46.5 Å². The van der Waals surface area contributed by atoms with Gasteiger partial charge in [0.2, 0.25) is 10.0 Å². The summed E-state index contributed by atoms with van der Waals surface area (Å²) in [5, 5.41) is 0. The Hall–Kier alpha value is -0.380. The van der Waals surface area contributed by atoms with Crippen LogP contribution < -0.4 is 0 Å². The zero-order valence-corrected chi connectivity index (χ0v) is 4.20. The van der Waals surface area contributed by atoms with E-state index in [4.69, 9.17) is 0 Å². The lowest BCUT2D eigenvalue weighted by atomic mass is 11.8. The van der Waals surface area contributed by atoms with Crippen molar-refractivity contribution >= 4 is 16.7 Å². The molecular weight excluding hydrogens is 102 g/mol. The molecule has 0 atom stereocenters. The molecule has 0 aromatic carbocycles. The average molecular weight is 107 g/mol. The second-order valence-electron chi connectivity index (χ2n) is 0.862. The molecule has 0 fully saturated rings. The Kier molecular flexibility index (Phi) is 1.29. The van der Waals surface area contributed by atoms with E-state index in [2.05, 4.69) is 11.1 Å². The maximum absolute atomic E-state index is 9.77. The van der Waals surface area contributed by atoms with Gasteiger partial charge in [0.1, 0.15) is 0 Å². The minimum absolute atomic E-state index is 0.986. The van der Waals surface area contributed by atoms with Gasteiger partial charge in [-0.05, 0) is 0 Å². The van der Waals surface area contributed by atoms with E-state index >= 15 is 0 Å². The first-order valence-electron chi connectivity index (χ1n) is 1.24. The van der Waals surface area contributed by atoms with Gasteiger partial charge in [-0.3, -0.25) is 0 Å². The summed E-state index contributed by atoms with van der Waals surface area (Å²) in [6.45, 7) is 2.79. The summed E-state index contributed by atoms with van der Waals surface area (Å²) in [5.41, 5.74) is 0. The molecule has 6 heavy (non-hydrogen) atoms. The molecule has 0 N–H and O–H groups in total. The summed E-state index contributed by atoms with van der Waals surface area (Å²) in [6.07, 6.45) is 0.986. The van der Waals surface area contributed by atoms with Gasteiger partial charge in [0.05, 0.1) is 6.26 Å². The standard InChI is InChI=1S/C2H5NO2S/c1-3-6(2,4)5/h1H2,2H3. The number of hydrogen-bond acceptors (Lipinski definition) is 2. The molecule has 0 spiro atoms. The third-order valence-electron chi connectivity index (χ3n) is 0.235. The summed E-state index contributed by atoms with van der Waals surface area (Å²) in [7, 11) is -3.15. The van der Waals surface area contributed by atoms with Crippen LogP contribution in [0.3, 0.4) is 0 Å². The van der Waals surface area contributed by atoms with Crippen LogP contribution >= 0.6 is 0 Å². The van der Waals surface area contributed by atoms with Gasteiger partial charge in [0, 0.05) is 6.72 Å². The van der Waals surface area contributed by atoms with E-state index in [-0.39, 0.29) is 0 Å². The zero-order chi connectivity index (χ0) is 5.21. The van der Waals surface area contributed by atoms with Gasteiger partial charge < -0.3 is 0 Å². The summed E-state index contributed by atoms with van der Waals surface area (Å²) in [6, 6.07) is 0. The lowest BCUT2D eigenvalue weighted by molar-refractivity contribution is 0.604. The van der Waals surface area contributed by atoms with Crippen LogP contribution in [0.4, 0.5) is 0 Å². The summed E-state index contributed by atoms with van der Waals surface area (Å²) in [5.74, 6) is 0. The number of rotatable bonds is 1. The Morgan fingerprint density at radius 2 is 1.83 bits per heavy atom. The number of sulfonamides is 1. The van der Waals surface area contributed by atoms with E-state index in [1.807, 2.05) is 0 Å². The predicted molar refractivity (Wildman–Crippen MR) is 24.4 cm³/mol. The zero-order valence-electron chi connectivity index (χ0n) is 3.38.